The van der Waals surface area contributed by atoms with E-state index in [0.29, 0.717) is 25.1 Å². The van der Waals surface area contributed by atoms with Gasteiger partial charge < -0.3 is 34.5 Å². The Bertz CT molecular complexity index is 899. The predicted octanol–water partition coefficient (Wildman–Crippen LogP) is 0.454. The Kier molecular flexibility index (Phi) is 8.22. The molecule has 3 rings (SSSR count). The monoisotopic (exact) mass is 433 g/mol. The van der Waals surface area contributed by atoms with E-state index in [0.717, 1.165) is 11.1 Å². The quantitative estimate of drug-likeness (QED) is 0.500. The van der Waals surface area contributed by atoms with Crippen LogP contribution in [0.25, 0.3) is 0 Å². The van der Waals surface area contributed by atoms with Crippen molar-refractivity contribution < 1.29 is 29.9 Å². The van der Waals surface area contributed by atoms with Crippen LogP contribution in [0.1, 0.15) is 24.0 Å². The van der Waals surface area contributed by atoms with Crippen molar-refractivity contribution in [2.24, 2.45) is 5.92 Å². The summed E-state index contributed by atoms with van der Waals surface area (Å²) in [4.78, 5) is 12.2. The van der Waals surface area contributed by atoms with Gasteiger partial charge in [-0.2, -0.15) is 0 Å². The number of aryl methyl sites for hydroxylation is 1. The van der Waals surface area contributed by atoms with Crippen LogP contribution in [0.4, 0.5) is 0 Å². The van der Waals surface area contributed by atoms with Crippen LogP contribution < -0.4 is 10.3 Å². The van der Waals surface area contributed by atoms with E-state index in [-0.39, 0.29) is 31.3 Å². The molecule has 4 N–H and O–H groups in total. The molecule has 8 heteroatoms. The molecule has 31 heavy (non-hydrogen) atoms. The molecule has 1 aromatic carbocycles. The molecule has 1 aliphatic heterocycles. The number of pyridine rings is 1. The molecule has 1 saturated heterocycles. The third kappa shape index (κ3) is 5.93. The zero-order chi connectivity index (χ0) is 22.4. The number of nitrogens with zero attached hydrogens (tertiary/aromatic N) is 1. The molecule has 0 spiro atoms. The smallest absolute Gasteiger partial charge is 0.251 e. The summed E-state index contributed by atoms with van der Waals surface area (Å²) in [5, 5.41) is 40.4. The minimum atomic E-state index is -1.41. The number of benzene rings is 1. The number of ether oxygens (including phenoxy) is 2. The molecular formula is C23H31NO7. The number of hydrogen-bond donors (Lipinski definition) is 4. The fraction of sp³-hybridized carbons (Fsp3) is 0.522. The van der Waals surface area contributed by atoms with Crippen LogP contribution in [0, 0.1) is 12.8 Å². The summed E-state index contributed by atoms with van der Waals surface area (Å²) < 4.78 is 13.2. The molecule has 1 aromatic heterocycles. The maximum absolute atomic E-state index is 12.2. The van der Waals surface area contributed by atoms with Crippen LogP contribution in [-0.4, -0.2) is 69.2 Å². The highest BCUT2D eigenvalue weighted by atomic mass is 16.5. The average molecular weight is 434 g/mol. The zero-order valence-electron chi connectivity index (χ0n) is 17.6. The van der Waals surface area contributed by atoms with Crippen molar-refractivity contribution in [2.45, 2.75) is 50.7 Å². The molecular weight excluding hydrogens is 402 g/mol. The van der Waals surface area contributed by atoms with E-state index in [2.05, 4.69) is 0 Å². The lowest BCUT2D eigenvalue weighted by Gasteiger charge is -2.36. The number of rotatable bonds is 7. The van der Waals surface area contributed by atoms with Gasteiger partial charge in [-0.3, -0.25) is 4.79 Å². The predicted molar refractivity (Wildman–Crippen MR) is 114 cm³/mol. The first-order chi connectivity index (χ1) is 14.9. The first-order valence-corrected chi connectivity index (χ1v) is 10.5. The molecule has 2 aromatic rings. The standard InChI is InChI=1S/C23H31NO7/c1-15-6-9-24(20(26)12-15)13-17-4-2-3-5-18(17)31-14-19-22(28)23(29)21(27)16(7-10-25)8-11-30-19/h2-6,9,12,16,19,21-23,25,27-29H,7-8,10-11,13-14H2,1H3/t16?,19?,21-,22+,23?/m1/s1. The molecule has 0 amide bonds. The third-order valence-electron chi connectivity index (χ3n) is 5.75. The van der Waals surface area contributed by atoms with Gasteiger partial charge in [0, 0.05) is 31.0 Å². The van der Waals surface area contributed by atoms with E-state index in [9.17, 15) is 20.1 Å². The van der Waals surface area contributed by atoms with Gasteiger partial charge in [0.15, 0.2) is 0 Å². The van der Waals surface area contributed by atoms with Crippen molar-refractivity contribution >= 4 is 0 Å². The summed E-state index contributed by atoms with van der Waals surface area (Å²) in [6, 6.07) is 10.7. The van der Waals surface area contributed by atoms with Crippen LogP contribution in [0.5, 0.6) is 5.75 Å². The van der Waals surface area contributed by atoms with Crippen LogP contribution in [0.2, 0.25) is 0 Å². The van der Waals surface area contributed by atoms with Crippen LogP contribution in [0.3, 0.4) is 0 Å². The number of aliphatic hydroxyl groups excluding tert-OH is 4. The minimum Gasteiger partial charge on any atom is -0.490 e. The SMILES string of the molecule is Cc1ccn(Cc2ccccc2OCC2OCCC(CCO)[C@@H](O)C(O)[C@H]2O)c(=O)c1. The van der Waals surface area contributed by atoms with E-state index >= 15 is 0 Å². The fourth-order valence-corrected chi connectivity index (χ4v) is 3.84. The zero-order valence-corrected chi connectivity index (χ0v) is 17.6. The van der Waals surface area contributed by atoms with Crippen molar-refractivity contribution in [3.05, 3.63) is 64.1 Å². The number of hydrogen-bond acceptors (Lipinski definition) is 7. The van der Waals surface area contributed by atoms with Crippen LogP contribution >= 0.6 is 0 Å². The topological polar surface area (TPSA) is 121 Å². The van der Waals surface area contributed by atoms with Crippen LogP contribution in [-0.2, 0) is 11.3 Å². The van der Waals surface area contributed by atoms with E-state index < -0.39 is 24.4 Å². The normalized spacial score (nSPS) is 26.8. The summed E-state index contributed by atoms with van der Waals surface area (Å²) in [5.74, 6) is 0.186. The van der Waals surface area contributed by atoms with E-state index in [4.69, 9.17) is 14.6 Å². The Balaban J connectivity index is 1.69. The molecule has 0 saturated carbocycles. The Morgan fingerprint density at radius 2 is 1.90 bits per heavy atom. The van der Waals surface area contributed by atoms with Crippen molar-refractivity contribution in [1.82, 2.24) is 4.57 Å². The lowest BCUT2D eigenvalue weighted by Crippen LogP contribution is -2.52. The molecule has 1 aliphatic rings. The highest BCUT2D eigenvalue weighted by Crippen LogP contribution is 2.25. The van der Waals surface area contributed by atoms with E-state index in [1.165, 1.54) is 0 Å². The molecule has 170 valence electrons. The van der Waals surface area contributed by atoms with Crippen LogP contribution in [0.15, 0.2) is 47.4 Å². The first kappa shape index (κ1) is 23.4. The highest BCUT2D eigenvalue weighted by Gasteiger charge is 2.38. The first-order valence-electron chi connectivity index (χ1n) is 10.5. The van der Waals surface area contributed by atoms with Gasteiger partial charge in [-0.05, 0) is 43.4 Å². The van der Waals surface area contributed by atoms with Gasteiger partial charge >= 0.3 is 0 Å². The van der Waals surface area contributed by atoms with Gasteiger partial charge in [-0.15, -0.1) is 0 Å². The maximum atomic E-state index is 12.2. The Labute approximate surface area is 181 Å². The third-order valence-corrected chi connectivity index (χ3v) is 5.75. The van der Waals surface area contributed by atoms with Crippen molar-refractivity contribution in [3.8, 4) is 5.75 Å². The highest BCUT2D eigenvalue weighted by molar-refractivity contribution is 5.33. The van der Waals surface area contributed by atoms with Gasteiger partial charge in [0.2, 0.25) is 0 Å². The fourth-order valence-electron chi connectivity index (χ4n) is 3.84. The summed E-state index contributed by atoms with van der Waals surface area (Å²) in [6.45, 7) is 2.31. The number of aromatic nitrogens is 1. The van der Waals surface area contributed by atoms with Gasteiger partial charge in [0.05, 0.1) is 12.6 Å². The number of para-hydroxylation sites is 1. The molecule has 5 atom stereocenters. The second-order valence-corrected chi connectivity index (χ2v) is 8.03. The molecule has 0 bridgehead atoms. The molecule has 3 unspecified atom stereocenters. The lowest BCUT2D eigenvalue weighted by molar-refractivity contribution is -0.162. The summed E-state index contributed by atoms with van der Waals surface area (Å²) in [7, 11) is 0. The Morgan fingerprint density at radius 3 is 2.65 bits per heavy atom. The van der Waals surface area contributed by atoms with Gasteiger partial charge in [-0.25, -0.2) is 0 Å². The lowest BCUT2D eigenvalue weighted by atomic mass is 9.87. The maximum Gasteiger partial charge on any atom is 0.251 e. The van der Waals surface area contributed by atoms with Crippen molar-refractivity contribution in [2.75, 3.05) is 19.8 Å². The molecule has 1 fully saturated rings. The van der Waals surface area contributed by atoms with E-state index in [1.54, 1.807) is 22.9 Å². The molecule has 0 radical (unpaired) electrons. The summed E-state index contributed by atoms with van der Waals surface area (Å²) >= 11 is 0. The summed E-state index contributed by atoms with van der Waals surface area (Å²) in [6.07, 6.45) is -2.24. The molecule has 0 aliphatic carbocycles. The van der Waals surface area contributed by atoms with Crippen molar-refractivity contribution in [1.29, 1.82) is 0 Å². The molecule has 8 nitrogen and oxygen atoms in total. The molecule has 2 heterocycles. The van der Waals surface area contributed by atoms with Gasteiger partial charge in [-0.1, -0.05) is 18.2 Å². The summed E-state index contributed by atoms with van der Waals surface area (Å²) in [5.41, 5.74) is 1.57. The Hall–Kier alpha value is -2.23. The minimum absolute atomic E-state index is 0.0323. The van der Waals surface area contributed by atoms with Gasteiger partial charge in [0.25, 0.3) is 5.56 Å². The average Bonchev–Trinajstić information content (AvgIpc) is 2.76. The second-order valence-electron chi connectivity index (χ2n) is 8.03. The van der Waals surface area contributed by atoms with Crippen molar-refractivity contribution in [3.63, 3.8) is 0 Å². The second kappa shape index (κ2) is 10.9. The number of aliphatic hydroxyl groups is 4. The largest absolute Gasteiger partial charge is 0.490 e. The van der Waals surface area contributed by atoms with E-state index in [1.807, 2.05) is 31.2 Å². The van der Waals surface area contributed by atoms with Gasteiger partial charge in [0.1, 0.15) is 30.7 Å². The Morgan fingerprint density at radius 1 is 1.13 bits per heavy atom.